The summed E-state index contributed by atoms with van der Waals surface area (Å²) in [5.74, 6) is -0.941. The number of carbonyl (C=O) groups is 3. The van der Waals surface area contributed by atoms with Crippen molar-refractivity contribution in [1.29, 1.82) is 0 Å². The quantitative estimate of drug-likeness (QED) is 0.294. The van der Waals surface area contributed by atoms with Gasteiger partial charge in [-0.2, -0.15) is 0 Å². The monoisotopic (exact) mass is 393 g/mol. The topological polar surface area (TPSA) is 90.9 Å². The molecule has 0 saturated heterocycles. The largest absolute Gasteiger partial charge is 0.464 e. The van der Waals surface area contributed by atoms with Crippen LogP contribution in [-0.2, 0) is 23.8 Å². The van der Waals surface area contributed by atoms with Crippen LogP contribution in [0.1, 0.15) is 34.1 Å². The molecule has 1 atom stereocenters. The number of amides is 1. The summed E-state index contributed by atoms with van der Waals surface area (Å²) in [6.45, 7) is 7.15. The smallest absolute Gasteiger partial charge is 0.408 e. The molecule has 0 aliphatic carbocycles. The molecule has 0 heterocycles. The first-order valence-corrected chi connectivity index (χ1v) is 8.34. The molecule has 0 saturated carbocycles. The van der Waals surface area contributed by atoms with Crippen molar-refractivity contribution in [2.24, 2.45) is 0 Å². The summed E-state index contributed by atoms with van der Waals surface area (Å²) in [5, 5.41) is 2.58. The predicted octanol–water partition coefficient (Wildman–Crippen LogP) is 2.33. The van der Waals surface area contributed by atoms with Gasteiger partial charge in [-0.05, 0) is 34.1 Å². The molecule has 0 aromatic rings. The Labute approximate surface area is 144 Å². The minimum atomic E-state index is -0.868. The van der Waals surface area contributed by atoms with E-state index in [2.05, 4.69) is 21.2 Å². The van der Waals surface area contributed by atoms with Crippen LogP contribution in [0.15, 0.2) is 12.2 Å². The van der Waals surface area contributed by atoms with Gasteiger partial charge in [-0.3, -0.25) is 4.79 Å². The fourth-order valence-electron chi connectivity index (χ4n) is 1.39. The average Bonchev–Trinajstić information content (AvgIpc) is 2.43. The molecule has 0 rings (SSSR count). The number of nitrogens with one attached hydrogen (secondary N) is 1. The summed E-state index contributed by atoms with van der Waals surface area (Å²) in [6, 6.07) is -0.868. The normalized spacial score (nSPS) is 12.6. The summed E-state index contributed by atoms with van der Waals surface area (Å²) in [7, 11) is 0. The standard InChI is InChI=1S/C15H24BrNO6/c1-5-21-13(19)11(17-14(20)23-15(2,3)4)8-6-7-9-22-12(18)10-16/h6-7,11H,5,8-10H2,1-4H3,(H,17,20)/b7-6-. The molecule has 0 aliphatic heterocycles. The number of hydrogen-bond acceptors (Lipinski definition) is 6. The number of carbonyl (C=O) groups excluding carboxylic acids is 3. The van der Waals surface area contributed by atoms with Gasteiger partial charge in [0.15, 0.2) is 0 Å². The van der Waals surface area contributed by atoms with Crippen molar-refractivity contribution < 1.29 is 28.6 Å². The lowest BCUT2D eigenvalue weighted by Crippen LogP contribution is -2.44. The van der Waals surface area contributed by atoms with Gasteiger partial charge in [-0.25, -0.2) is 9.59 Å². The van der Waals surface area contributed by atoms with Crippen LogP contribution >= 0.6 is 15.9 Å². The molecule has 7 nitrogen and oxygen atoms in total. The van der Waals surface area contributed by atoms with Crippen LogP contribution in [0.25, 0.3) is 0 Å². The van der Waals surface area contributed by atoms with Crippen molar-refractivity contribution in [3.8, 4) is 0 Å². The molecule has 1 amide bonds. The number of alkyl halides is 1. The molecule has 0 aliphatic rings. The second-order valence-corrected chi connectivity index (χ2v) is 6.04. The van der Waals surface area contributed by atoms with E-state index in [1.165, 1.54) is 0 Å². The van der Waals surface area contributed by atoms with Crippen LogP contribution in [0.2, 0.25) is 0 Å². The average molecular weight is 394 g/mol. The molecule has 8 heteroatoms. The Kier molecular flexibility index (Phi) is 10.3. The first-order valence-electron chi connectivity index (χ1n) is 7.22. The number of alkyl carbamates (subject to hydrolysis) is 1. The van der Waals surface area contributed by atoms with Gasteiger partial charge >= 0.3 is 18.0 Å². The number of ether oxygens (including phenoxy) is 3. The van der Waals surface area contributed by atoms with Gasteiger partial charge in [0.1, 0.15) is 23.6 Å². The van der Waals surface area contributed by atoms with Crippen molar-refractivity contribution >= 4 is 34.0 Å². The van der Waals surface area contributed by atoms with Crippen molar-refractivity contribution in [3.05, 3.63) is 12.2 Å². The van der Waals surface area contributed by atoms with Crippen LogP contribution in [0.4, 0.5) is 4.79 Å². The van der Waals surface area contributed by atoms with E-state index in [4.69, 9.17) is 14.2 Å². The Hall–Kier alpha value is -1.57. The Morgan fingerprint density at radius 3 is 2.35 bits per heavy atom. The lowest BCUT2D eigenvalue weighted by Gasteiger charge is -2.22. The van der Waals surface area contributed by atoms with E-state index in [1.807, 2.05) is 0 Å². The highest BCUT2D eigenvalue weighted by Gasteiger charge is 2.24. The van der Waals surface area contributed by atoms with Gasteiger partial charge in [0.2, 0.25) is 0 Å². The lowest BCUT2D eigenvalue weighted by molar-refractivity contribution is -0.145. The molecule has 0 radical (unpaired) electrons. The number of esters is 2. The first kappa shape index (κ1) is 21.4. The Bertz CT molecular complexity index is 430. The molecule has 0 spiro atoms. The van der Waals surface area contributed by atoms with E-state index < -0.39 is 23.7 Å². The molecular weight excluding hydrogens is 370 g/mol. The second-order valence-electron chi connectivity index (χ2n) is 5.47. The molecular formula is C15H24BrNO6. The van der Waals surface area contributed by atoms with Crippen molar-refractivity contribution in [1.82, 2.24) is 5.32 Å². The van der Waals surface area contributed by atoms with E-state index in [9.17, 15) is 14.4 Å². The van der Waals surface area contributed by atoms with Gasteiger partial charge in [-0.1, -0.05) is 28.1 Å². The maximum atomic E-state index is 11.8. The molecule has 1 unspecified atom stereocenters. The van der Waals surface area contributed by atoms with Crippen LogP contribution < -0.4 is 5.32 Å². The predicted molar refractivity (Wildman–Crippen MR) is 88.3 cm³/mol. The minimum Gasteiger partial charge on any atom is -0.464 e. The number of rotatable bonds is 8. The second kappa shape index (κ2) is 11.0. The molecule has 1 N–H and O–H groups in total. The maximum Gasteiger partial charge on any atom is 0.408 e. The van der Waals surface area contributed by atoms with E-state index in [0.717, 1.165) is 0 Å². The van der Waals surface area contributed by atoms with E-state index in [1.54, 1.807) is 39.8 Å². The molecule has 23 heavy (non-hydrogen) atoms. The highest BCUT2D eigenvalue weighted by Crippen LogP contribution is 2.08. The van der Waals surface area contributed by atoms with Gasteiger partial charge in [0, 0.05) is 0 Å². The molecule has 132 valence electrons. The van der Waals surface area contributed by atoms with Gasteiger partial charge in [0.05, 0.1) is 6.61 Å². The van der Waals surface area contributed by atoms with E-state index >= 15 is 0 Å². The summed E-state index contributed by atoms with van der Waals surface area (Å²) < 4.78 is 14.9. The Morgan fingerprint density at radius 2 is 1.83 bits per heavy atom. The van der Waals surface area contributed by atoms with Gasteiger partial charge in [0.25, 0.3) is 0 Å². The number of halogens is 1. The molecule has 0 bridgehead atoms. The fourth-order valence-corrected chi connectivity index (χ4v) is 1.55. The SMILES string of the molecule is CCOC(=O)C(C/C=C\COC(=O)CBr)NC(=O)OC(C)(C)C. The highest BCUT2D eigenvalue weighted by molar-refractivity contribution is 9.09. The highest BCUT2D eigenvalue weighted by atomic mass is 79.9. The summed E-state index contributed by atoms with van der Waals surface area (Å²) in [4.78, 5) is 34.5. The van der Waals surface area contributed by atoms with Crippen molar-refractivity contribution in [2.45, 2.75) is 45.8 Å². The molecule has 0 aromatic heterocycles. The van der Waals surface area contributed by atoms with Gasteiger partial charge < -0.3 is 19.5 Å². The third kappa shape index (κ3) is 11.6. The lowest BCUT2D eigenvalue weighted by atomic mass is 10.2. The van der Waals surface area contributed by atoms with Crippen LogP contribution in [-0.4, -0.2) is 48.2 Å². The third-order valence-electron chi connectivity index (χ3n) is 2.25. The van der Waals surface area contributed by atoms with Crippen LogP contribution in [0.5, 0.6) is 0 Å². The Morgan fingerprint density at radius 1 is 1.17 bits per heavy atom. The van der Waals surface area contributed by atoms with Crippen molar-refractivity contribution in [3.63, 3.8) is 0 Å². The Balaban J connectivity index is 4.52. The van der Waals surface area contributed by atoms with Gasteiger partial charge in [-0.15, -0.1) is 0 Å². The zero-order valence-electron chi connectivity index (χ0n) is 13.9. The minimum absolute atomic E-state index is 0.0897. The molecule has 0 fully saturated rings. The summed E-state index contributed by atoms with van der Waals surface area (Å²) >= 11 is 2.97. The van der Waals surface area contributed by atoms with Crippen LogP contribution in [0.3, 0.4) is 0 Å². The molecule has 0 aromatic carbocycles. The number of hydrogen-bond donors (Lipinski definition) is 1. The zero-order valence-corrected chi connectivity index (χ0v) is 15.5. The van der Waals surface area contributed by atoms with Crippen molar-refractivity contribution in [2.75, 3.05) is 18.5 Å². The summed E-state index contributed by atoms with van der Waals surface area (Å²) in [5.41, 5.74) is -0.664. The third-order valence-corrected chi connectivity index (χ3v) is 2.71. The summed E-state index contributed by atoms with van der Waals surface area (Å²) in [6.07, 6.45) is 2.71. The first-order chi connectivity index (χ1) is 10.7. The van der Waals surface area contributed by atoms with E-state index in [0.29, 0.717) is 0 Å². The maximum absolute atomic E-state index is 11.8. The zero-order chi connectivity index (χ0) is 17.9. The van der Waals surface area contributed by atoms with Crippen LogP contribution in [0, 0.1) is 0 Å². The fraction of sp³-hybridized carbons (Fsp3) is 0.667. The van der Waals surface area contributed by atoms with E-state index in [-0.39, 0.29) is 30.9 Å².